The number of nitrogens with zero attached hydrogens (tertiary/aromatic N) is 1. The van der Waals surface area contributed by atoms with Crippen LogP contribution in [0.15, 0.2) is 60.2 Å². The molecule has 0 heterocycles. The number of hydrogen-bond donors (Lipinski definition) is 1. The monoisotopic (exact) mass is 349 g/mol. The van der Waals surface area contributed by atoms with Gasteiger partial charge >= 0.3 is 5.97 Å². The molecule has 0 aliphatic heterocycles. The zero-order valence-corrected chi connectivity index (χ0v) is 15.6. The summed E-state index contributed by atoms with van der Waals surface area (Å²) in [6.07, 6.45) is 4.35. The molecule has 0 saturated heterocycles. The van der Waals surface area contributed by atoms with Crippen LogP contribution in [0.5, 0.6) is 0 Å². The molecule has 2 unspecified atom stereocenters. The fraction of sp³-hybridized carbons (Fsp3) is 0.348. The SMILES string of the molecule is CC1Cc2ccccc2C=C1C(CCN(C)CC(=O)O)c1ccccc1. The molecule has 0 amide bonds. The van der Waals surface area contributed by atoms with Crippen molar-refractivity contribution in [3.63, 3.8) is 0 Å². The normalized spacial score (nSPS) is 17.5. The van der Waals surface area contributed by atoms with E-state index in [1.165, 1.54) is 22.3 Å². The molecule has 1 N–H and O–H groups in total. The van der Waals surface area contributed by atoms with Crippen LogP contribution in [0, 0.1) is 5.92 Å². The molecule has 0 spiro atoms. The molecule has 0 radical (unpaired) electrons. The van der Waals surface area contributed by atoms with Gasteiger partial charge < -0.3 is 5.11 Å². The Balaban J connectivity index is 1.88. The van der Waals surface area contributed by atoms with Gasteiger partial charge in [0.25, 0.3) is 0 Å². The minimum absolute atomic E-state index is 0.0823. The van der Waals surface area contributed by atoms with Gasteiger partial charge in [-0.1, -0.05) is 73.2 Å². The summed E-state index contributed by atoms with van der Waals surface area (Å²) < 4.78 is 0. The van der Waals surface area contributed by atoms with Crippen LogP contribution in [0.2, 0.25) is 0 Å². The number of allylic oxidation sites excluding steroid dienone is 1. The lowest BCUT2D eigenvalue weighted by atomic mass is 9.75. The highest BCUT2D eigenvalue weighted by atomic mass is 16.4. The van der Waals surface area contributed by atoms with Crippen LogP contribution in [0.1, 0.15) is 36.0 Å². The van der Waals surface area contributed by atoms with E-state index in [4.69, 9.17) is 5.11 Å². The smallest absolute Gasteiger partial charge is 0.317 e. The van der Waals surface area contributed by atoms with Gasteiger partial charge in [-0.3, -0.25) is 9.69 Å². The molecule has 0 aromatic heterocycles. The largest absolute Gasteiger partial charge is 0.480 e. The predicted octanol–water partition coefficient (Wildman–Crippen LogP) is 4.45. The Morgan fingerprint density at radius 2 is 1.85 bits per heavy atom. The van der Waals surface area contributed by atoms with Crippen LogP contribution >= 0.6 is 0 Å². The van der Waals surface area contributed by atoms with Crippen LogP contribution in [-0.4, -0.2) is 36.1 Å². The molecule has 0 bridgehead atoms. The molecule has 2 aromatic rings. The number of benzene rings is 2. The summed E-state index contributed by atoms with van der Waals surface area (Å²) in [5.74, 6) is 0.0265. The van der Waals surface area contributed by atoms with Gasteiger partial charge in [-0.25, -0.2) is 0 Å². The number of carboxylic acid groups (broad SMARTS) is 1. The third-order valence-electron chi connectivity index (χ3n) is 5.28. The molecule has 0 saturated carbocycles. The number of fused-ring (bicyclic) bond motifs is 1. The summed E-state index contributed by atoms with van der Waals surface area (Å²) in [5.41, 5.74) is 5.51. The van der Waals surface area contributed by atoms with Gasteiger partial charge in [0, 0.05) is 5.92 Å². The van der Waals surface area contributed by atoms with E-state index in [-0.39, 0.29) is 6.54 Å². The lowest BCUT2D eigenvalue weighted by Crippen LogP contribution is -2.28. The average Bonchev–Trinajstić information content (AvgIpc) is 2.62. The predicted molar refractivity (Wildman–Crippen MR) is 106 cm³/mol. The molecule has 2 aromatic carbocycles. The van der Waals surface area contributed by atoms with Crippen molar-refractivity contribution in [1.29, 1.82) is 0 Å². The summed E-state index contributed by atoms with van der Waals surface area (Å²) in [6, 6.07) is 19.2. The molecule has 3 rings (SSSR count). The number of carboxylic acids is 1. The Morgan fingerprint density at radius 3 is 2.58 bits per heavy atom. The topological polar surface area (TPSA) is 40.5 Å². The van der Waals surface area contributed by atoms with E-state index in [9.17, 15) is 4.79 Å². The van der Waals surface area contributed by atoms with Crippen molar-refractivity contribution in [1.82, 2.24) is 4.90 Å². The fourth-order valence-electron chi connectivity index (χ4n) is 3.95. The van der Waals surface area contributed by atoms with Crippen molar-refractivity contribution in [2.45, 2.75) is 25.7 Å². The van der Waals surface area contributed by atoms with Crippen molar-refractivity contribution >= 4 is 12.0 Å². The van der Waals surface area contributed by atoms with Gasteiger partial charge in [0.2, 0.25) is 0 Å². The fourth-order valence-corrected chi connectivity index (χ4v) is 3.95. The standard InChI is InChI=1S/C23H27NO2/c1-17-14-19-10-6-7-11-20(19)15-22(17)21(18-8-4-3-5-9-18)12-13-24(2)16-23(25)26/h3-11,15,17,21H,12-14,16H2,1-2H3,(H,25,26). The average molecular weight is 349 g/mol. The van der Waals surface area contributed by atoms with Crippen LogP contribution in [-0.2, 0) is 11.2 Å². The van der Waals surface area contributed by atoms with Crippen molar-refractivity contribution in [3.8, 4) is 0 Å². The second-order valence-corrected chi connectivity index (χ2v) is 7.33. The van der Waals surface area contributed by atoms with Crippen molar-refractivity contribution in [3.05, 3.63) is 76.9 Å². The Labute approximate surface area is 156 Å². The van der Waals surface area contributed by atoms with Gasteiger partial charge in [-0.05, 0) is 49.0 Å². The summed E-state index contributed by atoms with van der Waals surface area (Å²) >= 11 is 0. The first-order valence-electron chi connectivity index (χ1n) is 9.29. The van der Waals surface area contributed by atoms with Gasteiger partial charge in [-0.2, -0.15) is 0 Å². The maximum Gasteiger partial charge on any atom is 0.317 e. The Bertz CT molecular complexity index is 782. The minimum Gasteiger partial charge on any atom is -0.480 e. The van der Waals surface area contributed by atoms with Crippen LogP contribution in [0.25, 0.3) is 6.08 Å². The van der Waals surface area contributed by atoms with E-state index >= 15 is 0 Å². The van der Waals surface area contributed by atoms with E-state index in [1.54, 1.807) is 0 Å². The van der Waals surface area contributed by atoms with Crippen LogP contribution < -0.4 is 0 Å². The summed E-state index contributed by atoms with van der Waals surface area (Å²) in [5, 5.41) is 9.01. The molecule has 3 heteroatoms. The van der Waals surface area contributed by atoms with Crippen molar-refractivity contribution in [2.75, 3.05) is 20.1 Å². The number of carbonyl (C=O) groups is 1. The molecule has 2 atom stereocenters. The molecule has 136 valence electrons. The van der Waals surface area contributed by atoms with Gasteiger partial charge in [0.05, 0.1) is 6.54 Å². The Kier molecular flexibility index (Phi) is 5.89. The minimum atomic E-state index is -0.775. The van der Waals surface area contributed by atoms with E-state index in [2.05, 4.69) is 61.5 Å². The first kappa shape index (κ1) is 18.4. The van der Waals surface area contributed by atoms with Crippen molar-refractivity contribution < 1.29 is 9.90 Å². The number of likely N-dealkylation sites (N-methyl/N-ethyl adjacent to an activating group) is 1. The zero-order valence-electron chi connectivity index (χ0n) is 15.6. The third-order valence-corrected chi connectivity index (χ3v) is 5.28. The van der Waals surface area contributed by atoms with E-state index < -0.39 is 5.97 Å². The van der Waals surface area contributed by atoms with Crippen molar-refractivity contribution in [2.24, 2.45) is 5.92 Å². The molecule has 1 aliphatic rings. The number of hydrogen-bond acceptors (Lipinski definition) is 2. The maximum absolute atomic E-state index is 11.0. The quantitative estimate of drug-likeness (QED) is 0.803. The maximum atomic E-state index is 11.0. The molecular formula is C23H27NO2. The zero-order chi connectivity index (χ0) is 18.5. The highest BCUT2D eigenvalue weighted by molar-refractivity contribution is 5.69. The van der Waals surface area contributed by atoms with E-state index in [0.717, 1.165) is 19.4 Å². The Hall–Kier alpha value is -2.39. The molecule has 26 heavy (non-hydrogen) atoms. The highest BCUT2D eigenvalue weighted by Gasteiger charge is 2.25. The summed E-state index contributed by atoms with van der Waals surface area (Å²) in [6.45, 7) is 3.15. The van der Waals surface area contributed by atoms with E-state index in [0.29, 0.717) is 11.8 Å². The molecule has 1 aliphatic carbocycles. The van der Waals surface area contributed by atoms with E-state index in [1.807, 2.05) is 18.0 Å². The van der Waals surface area contributed by atoms with Gasteiger partial charge in [0.15, 0.2) is 0 Å². The first-order valence-corrected chi connectivity index (χ1v) is 9.29. The number of rotatable bonds is 7. The van der Waals surface area contributed by atoms with Gasteiger partial charge in [-0.15, -0.1) is 0 Å². The second kappa shape index (κ2) is 8.33. The summed E-state index contributed by atoms with van der Waals surface area (Å²) in [7, 11) is 1.88. The first-order chi connectivity index (χ1) is 12.5. The van der Waals surface area contributed by atoms with Gasteiger partial charge in [0.1, 0.15) is 0 Å². The molecular weight excluding hydrogens is 322 g/mol. The molecule has 0 fully saturated rings. The summed E-state index contributed by atoms with van der Waals surface area (Å²) in [4.78, 5) is 12.9. The highest BCUT2D eigenvalue weighted by Crippen LogP contribution is 2.39. The molecule has 3 nitrogen and oxygen atoms in total. The Morgan fingerprint density at radius 1 is 1.15 bits per heavy atom. The van der Waals surface area contributed by atoms with Crippen LogP contribution in [0.4, 0.5) is 0 Å². The second-order valence-electron chi connectivity index (χ2n) is 7.33. The third kappa shape index (κ3) is 4.41. The van der Waals surface area contributed by atoms with Crippen LogP contribution in [0.3, 0.4) is 0 Å². The lowest BCUT2D eigenvalue weighted by Gasteiger charge is -2.31. The number of aliphatic carboxylic acids is 1. The lowest BCUT2D eigenvalue weighted by molar-refractivity contribution is -0.138.